The van der Waals surface area contributed by atoms with E-state index in [0.29, 0.717) is 5.57 Å². The third-order valence-corrected chi connectivity index (χ3v) is 5.02. The molecule has 1 aromatic carbocycles. The number of nitrogens with one attached hydrogen (secondary N) is 1. The third kappa shape index (κ3) is 8.00. The number of allylic oxidation sites excluding steroid dienone is 1. The topological polar surface area (TPSA) is 95.9 Å². The molecule has 1 atom stereocenters. The molecule has 6 nitrogen and oxygen atoms in total. The molecule has 0 aromatic heterocycles. The van der Waals surface area contributed by atoms with Crippen molar-refractivity contribution in [2.45, 2.75) is 51.0 Å². The Hall–Kier alpha value is -1.41. The van der Waals surface area contributed by atoms with Gasteiger partial charge in [-0.2, -0.15) is 8.42 Å². The third-order valence-electron chi connectivity index (χ3n) is 3.73. The molecule has 25 heavy (non-hydrogen) atoms. The minimum Gasteiger partial charge on any atom is -0.510 e. The van der Waals surface area contributed by atoms with Crippen molar-refractivity contribution in [3.8, 4) is 0 Å². The lowest BCUT2D eigenvalue weighted by atomic mass is 10.2. The molecule has 0 saturated carbocycles. The molecule has 1 saturated heterocycles. The van der Waals surface area contributed by atoms with Crippen LogP contribution in [0.3, 0.4) is 0 Å². The van der Waals surface area contributed by atoms with Gasteiger partial charge >= 0.3 is 0 Å². The molecule has 1 unspecified atom stereocenters. The Labute approximate surface area is 150 Å². The molecule has 3 N–H and O–H groups in total. The number of benzene rings is 1. The molecule has 7 heteroatoms. The first-order valence-corrected chi connectivity index (χ1v) is 9.86. The molecule has 1 fully saturated rings. The minimum atomic E-state index is -3.93. The van der Waals surface area contributed by atoms with Crippen LogP contribution in [0.4, 0.5) is 0 Å². The second-order valence-electron chi connectivity index (χ2n) is 6.26. The predicted octanol–water partition coefficient (Wildman–Crippen LogP) is 2.67. The van der Waals surface area contributed by atoms with E-state index in [1.807, 2.05) is 6.92 Å². The van der Waals surface area contributed by atoms with Crippen molar-refractivity contribution < 1.29 is 22.8 Å². The summed E-state index contributed by atoms with van der Waals surface area (Å²) in [4.78, 5) is 0.0157. The van der Waals surface area contributed by atoms with Gasteiger partial charge in [-0.15, -0.1) is 0 Å². The minimum absolute atomic E-state index is 0.0157. The van der Waals surface area contributed by atoms with Crippen LogP contribution in [0.2, 0.25) is 0 Å². The SMILES string of the molecule is C1CCNCC1.CC(C)=C(O)C(O)COS(=O)(=O)c1ccc(C)cc1. The van der Waals surface area contributed by atoms with Crippen LogP contribution in [-0.2, 0) is 14.3 Å². The van der Waals surface area contributed by atoms with Crippen LogP contribution in [0.1, 0.15) is 38.7 Å². The summed E-state index contributed by atoms with van der Waals surface area (Å²) in [5.41, 5.74) is 1.44. The Bertz CT molecular complexity index is 633. The summed E-state index contributed by atoms with van der Waals surface area (Å²) in [6, 6.07) is 6.16. The average Bonchev–Trinajstić information content (AvgIpc) is 2.61. The summed E-state index contributed by atoms with van der Waals surface area (Å²) in [5, 5.41) is 22.3. The Morgan fingerprint density at radius 1 is 1.16 bits per heavy atom. The second-order valence-corrected chi connectivity index (χ2v) is 7.88. The van der Waals surface area contributed by atoms with Gasteiger partial charge in [-0.3, -0.25) is 4.18 Å². The summed E-state index contributed by atoms with van der Waals surface area (Å²) in [6.45, 7) is 7.03. The van der Waals surface area contributed by atoms with E-state index in [1.165, 1.54) is 44.5 Å². The summed E-state index contributed by atoms with van der Waals surface area (Å²) in [6.07, 6.45) is 2.86. The monoisotopic (exact) mass is 371 g/mol. The fraction of sp³-hybridized carbons (Fsp3) is 0.556. The highest BCUT2D eigenvalue weighted by Gasteiger charge is 2.19. The first kappa shape index (κ1) is 21.6. The normalized spacial score (nSPS) is 15.7. The van der Waals surface area contributed by atoms with Crippen LogP contribution < -0.4 is 5.32 Å². The number of hydrogen-bond donors (Lipinski definition) is 3. The number of piperidine rings is 1. The number of hydrogen-bond acceptors (Lipinski definition) is 6. The van der Waals surface area contributed by atoms with Crippen molar-refractivity contribution in [3.05, 3.63) is 41.2 Å². The summed E-state index contributed by atoms with van der Waals surface area (Å²) in [5.74, 6) is -0.279. The Morgan fingerprint density at radius 2 is 1.72 bits per heavy atom. The van der Waals surface area contributed by atoms with Crippen LogP contribution >= 0.6 is 0 Å². The van der Waals surface area contributed by atoms with Crippen molar-refractivity contribution in [2.24, 2.45) is 0 Å². The summed E-state index contributed by atoms with van der Waals surface area (Å²) >= 11 is 0. The van der Waals surface area contributed by atoms with Gasteiger partial charge in [-0.1, -0.05) is 24.1 Å². The molecule has 142 valence electrons. The van der Waals surface area contributed by atoms with E-state index in [4.69, 9.17) is 4.18 Å². The molecule has 2 rings (SSSR count). The Kier molecular flexibility index (Phi) is 9.13. The van der Waals surface area contributed by atoms with Crippen molar-refractivity contribution in [2.75, 3.05) is 19.7 Å². The van der Waals surface area contributed by atoms with Gasteiger partial charge in [0.25, 0.3) is 10.1 Å². The molecule has 1 aliphatic rings. The van der Waals surface area contributed by atoms with E-state index in [-0.39, 0.29) is 10.7 Å². The lowest BCUT2D eigenvalue weighted by Gasteiger charge is -2.12. The van der Waals surface area contributed by atoms with Crippen LogP contribution in [0, 0.1) is 6.92 Å². The number of aliphatic hydroxyl groups is 2. The quantitative estimate of drug-likeness (QED) is 0.544. The largest absolute Gasteiger partial charge is 0.510 e. The van der Waals surface area contributed by atoms with Gasteiger partial charge in [0.15, 0.2) is 0 Å². The average molecular weight is 371 g/mol. The highest BCUT2D eigenvalue weighted by molar-refractivity contribution is 7.86. The molecule has 0 spiro atoms. The molecule has 0 aliphatic carbocycles. The first-order valence-electron chi connectivity index (χ1n) is 8.45. The highest BCUT2D eigenvalue weighted by atomic mass is 32.2. The molecule has 1 aromatic rings. The maximum absolute atomic E-state index is 11.8. The van der Waals surface area contributed by atoms with Crippen molar-refractivity contribution in [1.82, 2.24) is 5.32 Å². The van der Waals surface area contributed by atoms with E-state index in [9.17, 15) is 18.6 Å². The second kappa shape index (κ2) is 10.6. The van der Waals surface area contributed by atoms with Crippen LogP contribution in [0.25, 0.3) is 0 Å². The van der Waals surface area contributed by atoms with Gasteiger partial charge < -0.3 is 15.5 Å². The van der Waals surface area contributed by atoms with Crippen LogP contribution in [0.5, 0.6) is 0 Å². The van der Waals surface area contributed by atoms with Gasteiger partial charge in [0, 0.05) is 0 Å². The van der Waals surface area contributed by atoms with Gasteiger partial charge in [0.2, 0.25) is 0 Å². The predicted molar refractivity (Wildman–Crippen MR) is 98.0 cm³/mol. The number of aryl methyl sites for hydroxylation is 1. The molecule has 1 heterocycles. The summed E-state index contributed by atoms with van der Waals surface area (Å²) in [7, 11) is -3.93. The molecule has 0 bridgehead atoms. The highest BCUT2D eigenvalue weighted by Crippen LogP contribution is 2.15. The Balaban J connectivity index is 0.000000435. The maximum Gasteiger partial charge on any atom is 0.297 e. The molecular weight excluding hydrogens is 342 g/mol. The summed E-state index contributed by atoms with van der Waals surface area (Å²) < 4.78 is 28.3. The zero-order valence-electron chi connectivity index (χ0n) is 15.2. The van der Waals surface area contributed by atoms with Gasteiger partial charge in [-0.05, 0) is 64.4 Å². The fourth-order valence-corrected chi connectivity index (χ4v) is 3.05. The van der Waals surface area contributed by atoms with Crippen LogP contribution in [0.15, 0.2) is 40.5 Å². The van der Waals surface area contributed by atoms with E-state index in [0.717, 1.165) is 5.56 Å². The van der Waals surface area contributed by atoms with Gasteiger partial charge in [-0.25, -0.2) is 0 Å². The van der Waals surface area contributed by atoms with E-state index < -0.39 is 22.8 Å². The van der Waals surface area contributed by atoms with E-state index >= 15 is 0 Å². The number of rotatable bonds is 5. The maximum atomic E-state index is 11.8. The van der Waals surface area contributed by atoms with Crippen molar-refractivity contribution in [3.63, 3.8) is 0 Å². The van der Waals surface area contributed by atoms with Gasteiger partial charge in [0.1, 0.15) is 11.9 Å². The van der Waals surface area contributed by atoms with E-state index in [1.54, 1.807) is 26.0 Å². The van der Waals surface area contributed by atoms with E-state index in [2.05, 4.69) is 5.32 Å². The fourth-order valence-electron chi connectivity index (χ4n) is 2.14. The standard InChI is InChI=1S/C13H18O5S.C5H11N/c1-9(2)13(15)12(14)8-18-19(16,17)11-6-4-10(3)5-7-11;1-2-4-6-5-3-1/h4-7,12,14-15H,8H2,1-3H3;6H,1-5H2. The van der Waals surface area contributed by atoms with Crippen LogP contribution in [-0.4, -0.2) is 44.4 Å². The molecule has 0 amide bonds. The Morgan fingerprint density at radius 3 is 2.12 bits per heavy atom. The van der Waals surface area contributed by atoms with Gasteiger partial charge in [0.05, 0.1) is 11.5 Å². The van der Waals surface area contributed by atoms with Crippen molar-refractivity contribution >= 4 is 10.1 Å². The molecular formula is C18H29NO5S. The zero-order valence-corrected chi connectivity index (χ0v) is 16.0. The molecule has 0 radical (unpaired) electrons. The number of aliphatic hydroxyl groups excluding tert-OH is 2. The first-order chi connectivity index (χ1) is 11.7. The lowest BCUT2D eigenvalue weighted by Crippen LogP contribution is -2.21. The lowest BCUT2D eigenvalue weighted by molar-refractivity contribution is 0.0986. The smallest absolute Gasteiger partial charge is 0.297 e. The molecule has 1 aliphatic heterocycles. The van der Waals surface area contributed by atoms with Crippen molar-refractivity contribution in [1.29, 1.82) is 0 Å². The zero-order chi connectivity index (χ0) is 18.9.